The Labute approximate surface area is 225 Å². The van der Waals surface area contributed by atoms with Crippen molar-refractivity contribution in [2.45, 2.75) is 24.8 Å². The molecule has 0 spiro atoms. The van der Waals surface area contributed by atoms with Gasteiger partial charge in [-0.1, -0.05) is 133 Å². The van der Waals surface area contributed by atoms with E-state index >= 15 is 0 Å². The molecular formula is C33H35BN2Si. The summed E-state index contributed by atoms with van der Waals surface area (Å²) in [5.41, 5.74) is 9.23. The molecular weight excluding hydrogens is 463 g/mol. The Morgan fingerprint density at radius 3 is 1.54 bits per heavy atom. The normalized spacial score (nSPS) is 11.2. The van der Waals surface area contributed by atoms with Crippen LogP contribution in [0, 0.1) is 0 Å². The van der Waals surface area contributed by atoms with Gasteiger partial charge >= 0.3 is 0 Å². The van der Waals surface area contributed by atoms with Gasteiger partial charge in [0, 0.05) is 12.4 Å². The molecule has 0 aliphatic carbocycles. The van der Waals surface area contributed by atoms with Gasteiger partial charge in [-0.05, 0) is 41.9 Å². The van der Waals surface area contributed by atoms with Gasteiger partial charge in [-0.15, -0.1) is 0 Å². The molecule has 0 saturated carbocycles. The molecule has 1 heterocycles. The SMILES string of the molecule is BC(c1ccccc1)c1ccccc1.CC(C)=C[SiH2]C(c1ccccc1)(c1ccccc1)n1ccnc1. The van der Waals surface area contributed by atoms with E-state index in [1.807, 2.05) is 12.5 Å². The van der Waals surface area contributed by atoms with Crippen LogP contribution in [-0.4, -0.2) is 26.9 Å². The third-order valence-electron chi connectivity index (χ3n) is 6.85. The van der Waals surface area contributed by atoms with Crippen LogP contribution in [0.1, 0.15) is 41.9 Å². The minimum absolute atomic E-state index is 0.143. The fourth-order valence-corrected chi connectivity index (χ4v) is 6.79. The second kappa shape index (κ2) is 12.9. The lowest BCUT2D eigenvalue weighted by atomic mass is 9.76. The van der Waals surface area contributed by atoms with Crippen LogP contribution in [0.2, 0.25) is 0 Å². The van der Waals surface area contributed by atoms with E-state index in [1.54, 1.807) is 0 Å². The Hall–Kier alpha value is -3.89. The van der Waals surface area contributed by atoms with Gasteiger partial charge in [0.15, 0.2) is 0 Å². The van der Waals surface area contributed by atoms with Gasteiger partial charge in [0.05, 0.1) is 21.0 Å². The Kier molecular flexibility index (Phi) is 9.12. The number of aromatic nitrogens is 2. The van der Waals surface area contributed by atoms with Crippen LogP contribution in [0.4, 0.5) is 0 Å². The lowest BCUT2D eigenvalue weighted by Gasteiger charge is -2.36. The van der Waals surface area contributed by atoms with Gasteiger partial charge in [-0.25, -0.2) is 4.98 Å². The smallest absolute Gasteiger partial charge is 0.116 e. The molecule has 0 aliphatic heterocycles. The van der Waals surface area contributed by atoms with E-state index in [1.165, 1.54) is 27.8 Å². The lowest BCUT2D eigenvalue weighted by Crippen LogP contribution is -2.41. The first-order valence-electron chi connectivity index (χ1n) is 12.9. The number of benzene rings is 4. The summed E-state index contributed by atoms with van der Waals surface area (Å²) in [6.07, 6.45) is 5.91. The Morgan fingerprint density at radius 2 is 1.16 bits per heavy atom. The van der Waals surface area contributed by atoms with Gasteiger partial charge in [-0.2, -0.15) is 0 Å². The molecule has 0 saturated heterocycles. The predicted octanol–water partition coefficient (Wildman–Crippen LogP) is 6.13. The summed E-state index contributed by atoms with van der Waals surface area (Å²) in [4.78, 5) is 4.33. The summed E-state index contributed by atoms with van der Waals surface area (Å²) in [6.45, 7) is 4.36. The standard InChI is InChI=1S/C20H22N2Si.C13H13B/c1-17(2)15-23-20(22-14-13-21-16-22,18-9-5-3-6-10-18)19-11-7-4-8-12-19;14-13(11-7-3-1-4-8-11)12-9-5-2-6-10-12/h3-16H,23H2,1-2H3;1-10,13H,14H2. The molecule has 0 radical (unpaired) electrons. The predicted molar refractivity (Wildman–Crippen MR) is 163 cm³/mol. The highest BCUT2D eigenvalue weighted by Crippen LogP contribution is 2.33. The molecule has 0 aliphatic rings. The molecule has 0 bridgehead atoms. The minimum atomic E-state index is -0.634. The molecule has 2 nitrogen and oxygen atoms in total. The van der Waals surface area contributed by atoms with Crippen LogP contribution in [0.5, 0.6) is 0 Å². The van der Waals surface area contributed by atoms with Crippen molar-refractivity contribution in [2.24, 2.45) is 0 Å². The zero-order chi connectivity index (χ0) is 25.9. The van der Waals surface area contributed by atoms with Crippen molar-refractivity contribution in [3.8, 4) is 0 Å². The van der Waals surface area contributed by atoms with Crippen LogP contribution in [-0.2, 0) is 5.16 Å². The summed E-state index contributed by atoms with van der Waals surface area (Å²) in [5.74, 6) is 0.484. The van der Waals surface area contributed by atoms with Crippen molar-refractivity contribution >= 4 is 17.4 Å². The second-order valence-corrected chi connectivity index (χ2v) is 11.4. The highest BCUT2D eigenvalue weighted by molar-refractivity contribution is 6.47. The van der Waals surface area contributed by atoms with Crippen LogP contribution in [0.25, 0.3) is 0 Å². The third-order valence-corrected chi connectivity index (χ3v) is 9.65. The highest BCUT2D eigenvalue weighted by Gasteiger charge is 2.35. The molecule has 0 N–H and O–H groups in total. The Bertz CT molecular complexity index is 1270. The number of rotatable bonds is 7. The highest BCUT2D eigenvalue weighted by atomic mass is 28.2. The van der Waals surface area contributed by atoms with Gasteiger partial charge < -0.3 is 4.57 Å². The van der Waals surface area contributed by atoms with Gasteiger partial charge in [-0.3, -0.25) is 0 Å². The van der Waals surface area contributed by atoms with Gasteiger partial charge in [0.1, 0.15) is 7.85 Å². The molecule has 1 aromatic heterocycles. The molecule has 0 fully saturated rings. The maximum atomic E-state index is 4.33. The summed E-state index contributed by atoms with van der Waals surface area (Å²) in [5, 5.41) is -0.143. The molecule has 0 unspecified atom stereocenters. The zero-order valence-corrected chi connectivity index (χ0v) is 23.4. The summed E-state index contributed by atoms with van der Waals surface area (Å²) < 4.78 is 2.28. The second-order valence-electron chi connectivity index (χ2n) is 9.59. The van der Waals surface area contributed by atoms with Crippen LogP contribution >= 0.6 is 0 Å². The molecule has 5 aromatic rings. The maximum Gasteiger partial charge on any atom is 0.116 e. The molecule has 5 rings (SSSR count). The zero-order valence-electron chi connectivity index (χ0n) is 22.0. The fourth-order valence-electron chi connectivity index (χ4n) is 4.75. The van der Waals surface area contributed by atoms with Crippen LogP contribution in [0.3, 0.4) is 0 Å². The lowest BCUT2D eigenvalue weighted by molar-refractivity contribution is 0.596. The number of hydrogen-bond acceptors (Lipinski definition) is 1. The van der Waals surface area contributed by atoms with Crippen molar-refractivity contribution in [3.05, 3.63) is 174 Å². The van der Waals surface area contributed by atoms with Crippen molar-refractivity contribution in [1.29, 1.82) is 0 Å². The molecule has 0 atom stereocenters. The van der Waals surface area contributed by atoms with Crippen molar-refractivity contribution in [2.75, 3.05) is 0 Å². The third kappa shape index (κ3) is 6.46. The number of imidazole rings is 1. The molecule has 184 valence electrons. The maximum absolute atomic E-state index is 4.33. The Balaban J connectivity index is 0.000000195. The van der Waals surface area contributed by atoms with Gasteiger partial charge in [0.2, 0.25) is 0 Å². The quantitative estimate of drug-likeness (QED) is 0.247. The van der Waals surface area contributed by atoms with E-state index in [4.69, 9.17) is 0 Å². The topological polar surface area (TPSA) is 17.8 Å². The molecule has 4 aromatic carbocycles. The van der Waals surface area contributed by atoms with Crippen LogP contribution in [0.15, 0.2) is 151 Å². The molecule has 37 heavy (non-hydrogen) atoms. The molecule has 4 heteroatoms. The van der Waals surface area contributed by atoms with Crippen molar-refractivity contribution in [3.63, 3.8) is 0 Å². The number of nitrogens with zero attached hydrogens (tertiary/aromatic N) is 2. The summed E-state index contributed by atoms with van der Waals surface area (Å²) >= 11 is 0. The largest absolute Gasteiger partial charge is 0.326 e. The van der Waals surface area contributed by atoms with E-state index in [9.17, 15) is 0 Å². The fraction of sp³-hybridized carbons (Fsp3) is 0.121. The Morgan fingerprint density at radius 1 is 0.730 bits per heavy atom. The first kappa shape index (κ1) is 26.2. The summed E-state index contributed by atoms with van der Waals surface area (Å²) in [6, 6.07) is 42.8. The van der Waals surface area contributed by atoms with E-state index in [0.29, 0.717) is 5.82 Å². The van der Waals surface area contributed by atoms with E-state index < -0.39 is 9.52 Å². The number of hydrogen-bond donors (Lipinski definition) is 0. The monoisotopic (exact) mass is 498 g/mol. The molecule has 0 amide bonds. The average molecular weight is 499 g/mol. The van der Waals surface area contributed by atoms with Crippen molar-refractivity contribution < 1.29 is 0 Å². The van der Waals surface area contributed by atoms with Gasteiger partial charge in [0.25, 0.3) is 0 Å². The van der Waals surface area contributed by atoms with Crippen LogP contribution < -0.4 is 0 Å². The van der Waals surface area contributed by atoms with E-state index in [2.05, 4.69) is 164 Å². The first-order chi connectivity index (χ1) is 18.1. The number of allylic oxidation sites excluding steroid dienone is 1. The minimum Gasteiger partial charge on any atom is -0.326 e. The summed E-state index contributed by atoms with van der Waals surface area (Å²) in [7, 11) is 1.61. The van der Waals surface area contributed by atoms with Crippen molar-refractivity contribution in [1.82, 2.24) is 9.55 Å². The average Bonchev–Trinajstić information content (AvgIpc) is 3.51. The first-order valence-corrected chi connectivity index (χ1v) is 14.5. The van der Waals surface area contributed by atoms with E-state index in [0.717, 1.165) is 0 Å². The van der Waals surface area contributed by atoms with E-state index in [-0.39, 0.29) is 5.16 Å².